The molecule has 0 heterocycles. The van der Waals surface area contributed by atoms with Crippen molar-refractivity contribution in [3.63, 3.8) is 0 Å². The molecular formula is C8H10NO3S. The summed E-state index contributed by atoms with van der Waals surface area (Å²) in [6, 6.07) is 7.00. The lowest BCUT2D eigenvalue weighted by molar-refractivity contribution is 0.483. The number of benzene rings is 1. The molecule has 0 spiro atoms. The second-order valence-electron chi connectivity index (χ2n) is 2.76. The third kappa shape index (κ3) is 2.19. The van der Waals surface area contributed by atoms with Crippen LogP contribution >= 0.6 is 0 Å². The molecule has 0 aromatic heterocycles. The van der Waals surface area contributed by atoms with Crippen molar-refractivity contribution >= 4 is 15.8 Å². The van der Waals surface area contributed by atoms with Gasteiger partial charge in [0.05, 0.1) is 5.69 Å². The predicted octanol–water partition coefficient (Wildman–Crippen LogP) is 0.799. The van der Waals surface area contributed by atoms with Gasteiger partial charge in [0, 0.05) is 14.1 Å². The van der Waals surface area contributed by atoms with Crippen molar-refractivity contribution < 1.29 is 13.0 Å². The van der Waals surface area contributed by atoms with Gasteiger partial charge in [-0.3, -0.25) is 4.55 Å². The van der Waals surface area contributed by atoms with E-state index in [0.29, 0.717) is 5.69 Å². The van der Waals surface area contributed by atoms with Crippen LogP contribution in [0.1, 0.15) is 0 Å². The van der Waals surface area contributed by atoms with E-state index in [4.69, 9.17) is 4.55 Å². The number of rotatable bonds is 2. The Labute approximate surface area is 77.5 Å². The van der Waals surface area contributed by atoms with Crippen LogP contribution in [0.3, 0.4) is 0 Å². The van der Waals surface area contributed by atoms with Crippen LogP contribution < -0.4 is 4.90 Å². The fourth-order valence-corrected chi connectivity index (χ4v) is 1.71. The fraction of sp³-hybridized carbons (Fsp3) is 0.250. The summed E-state index contributed by atoms with van der Waals surface area (Å²) in [4.78, 5) is 1.48. The lowest BCUT2D eigenvalue weighted by Crippen LogP contribution is -2.13. The molecule has 71 valence electrons. The molecule has 0 amide bonds. The van der Waals surface area contributed by atoms with Gasteiger partial charge in [-0.25, -0.2) is 0 Å². The van der Waals surface area contributed by atoms with Gasteiger partial charge < -0.3 is 4.90 Å². The maximum absolute atomic E-state index is 10.9. The second kappa shape index (κ2) is 3.35. The van der Waals surface area contributed by atoms with Crippen LogP contribution in [0.2, 0.25) is 0 Å². The van der Waals surface area contributed by atoms with Crippen molar-refractivity contribution in [2.45, 2.75) is 4.90 Å². The van der Waals surface area contributed by atoms with Crippen molar-refractivity contribution in [3.05, 3.63) is 24.3 Å². The van der Waals surface area contributed by atoms with Crippen LogP contribution in [0.5, 0.6) is 0 Å². The summed E-state index contributed by atoms with van der Waals surface area (Å²) in [5, 5.41) is 0. The third-order valence-corrected chi connectivity index (χ3v) is 2.45. The molecule has 13 heavy (non-hydrogen) atoms. The first-order valence-corrected chi connectivity index (χ1v) is 5.02. The van der Waals surface area contributed by atoms with Crippen LogP contribution in [-0.4, -0.2) is 27.1 Å². The molecule has 1 aromatic rings. The Balaban J connectivity index is 3.37. The molecule has 0 aliphatic carbocycles. The summed E-state index contributed by atoms with van der Waals surface area (Å²) in [5.41, 5.74) is 0.446. The predicted molar refractivity (Wildman–Crippen MR) is 49.4 cm³/mol. The molecule has 0 saturated carbocycles. The van der Waals surface area contributed by atoms with Gasteiger partial charge in [-0.15, -0.1) is 0 Å². The fourth-order valence-electron chi connectivity index (χ4n) is 0.983. The van der Waals surface area contributed by atoms with Gasteiger partial charge in [0.25, 0.3) is 10.1 Å². The Hall–Kier alpha value is -1.07. The van der Waals surface area contributed by atoms with E-state index in [-0.39, 0.29) is 4.90 Å². The van der Waals surface area contributed by atoms with Crippen LogP contribution in [-0.2, 0) is 10.1 Å². The largest absolute Gasteiger partial charge is 0.377 e. The smallest absolute Gasteiger partial charge is 0.296 e. The van der Waals surface area contributed by atoms with E-state index in [2.05, 4.69) is 6.07 Å². The summed E-state index contributed by atoms with van der Waals surface area (Å²) in [6.07, 6.45) is 0. The lowest BCUT2D eigenvalue weighted by atomic mass is 10.3. The summed E-state index contributed by atoms with van der Waals surface area (Å²) >= 11 is 0. The number of hydrogen-bond acceptors (Lipinski definition) is 3. The summed E-state index contributed by atoms with van der Waals surface area (Å²) < 4.78 is 30.6. The molecule has 1 N–H and O–H groups in total. The zero-order valence-electron chi connectivity index (χ0n) is 7.35. The highest BCUT2D eigenvalue weighted by Gasteiger charge is 2.15. The van der Waals surface area contributed by atoms with E-state index in [1.54, 1.807) is 31.1 Å². The molecule has 0 bridgehead atoms. The first-order chi connectivity index (χ1) is 5.93. The Morgan fingerprint density at radius 3 is 2.46 bits per heavy atom. The minimum Gasteiger partial charge on any atom is -0.377 e. The molecule has 1 radical (unpaired) electrons. The first-order valence-electron chi connectivity index (χ1n) is 3.58. The zero-order valence-corrected chi connectivity index (χ0v) is 8.17. The Kier molecular flexibility index (Phi) is 2.58. The molecular weight excluding hydrogens is 190 g/mol. The topological polar surface area (TPSA) is 57.6 Å². The SMILES string of the molecule is CN(C)c1cc[c]cc1S(=O)(=O)O. The van der Waals surface area contributed by atoms with E-state index in [0.717, 1.165) is 0 Å². The van der Waals surface area contributed by atoms with Crippen molar-refractivity contribution in [2.75, 3.05) is 19.0 Å². The normalized spacial score (nSPS) is 11.3. The van der Waals surface area contributed by atoms with Crippen molar-refractivity contribution in [1.29, 1.82) is 0 Å². The number of hydrogen-bond donors (Lipinski definition) is 1. The van der Waals surface area contributed by atoms with Crippen molar-refractivity contribution in [2.24, 2.45) is 0 Å². The van der Waals surface area contributed by atoms with E-state index in [1.165, 1.54) is 6.07 Å². The zero-order chi connectivity index (χ0) is 10.1. The van der Waals surface area contributed by atoms with Gasteiger partial charge in [0.1, 0.15) is 4.90 Å². The maximum Gasteiger partial charge on any atom is 0.296 e. The van der Waals surface area contributed by atoms with E-state index in [9.17, 15) is 8.42 Å². The minimum absolute atomic E-state index is 0.125. The number of anilines is 1. The van der Waals surface area contributed by atoms with Crippen LogP contribution in [0.15, 0.2) is 23.1 Å². The van der Waals surface area contributed by atoms with Crippen molar-refractivity contribution in [1.82, 2.24) is 0 Å². The molecule has 5 heteroatoms. The van der Waals surface area contributed by atoms with Gasteiger partial charge in [-0.1, -0.05) is 6.07 Å². The highest BCUT2D eigenvalue weighted by Crippen LogP contribution is 2.21. The van der Waals surface area contributed by atoms with Crippen molar-refractivity contribution in [3.8, 4) is 0 Å². The molecule has 0 aliphatic heterocycles. The van der Waals surface area contributed by atoms with Gasteiger partial charge in [-0.2, -0.15) is 8.42 Å². The van der Waals surface area contributed by atoms with E-state index < -0.39 is 10.1 Å². The summed E-state index contributed by atoms with van der Waals surface area (Å²) in [5.74, 6) is 0. The first kappa shape index (κ1) is 10.0. The maximum atomic E-state index is 10.9. The molecule has 1 rings (SSSR count). The van der Waals surface area contributed by atoms with Gasteiger partial charge in [0.15, 0.2) is 0 Å². The Morgan fingerprint density at radius 2 is 2.08 bits per heavy atom. The van der Waals surface area contributed by atoms with E-state index >= 15 is 0 Å². The minimum atomic E-state index is -4.15. The molecule has 1 aromatic carbocycles. The highest BCUT2D eigenvalue weighted by atomic mass is 32.2. The monoisotopic (exact) mass is 200 g/mol. The standard InChI is InChI=1S/C8H10NO3S/c1-9(2)7-5-3-4-6-8(7)13(10,11)12/h3,5-6H,1-2H3,(H,10,11,12). The van der Waals surface area contributed by atoms with Gasteiger partial charge >= 0.3 is 0 Å². The highest BCUT2D eigenvalue weighted by molar-refractivity contribution is 7.86. The molecule has 0 unspecified atom stereocenters. The average molecular weight is 200 g/mol. The van der Waals surface area contributed by atoms with Crippen LogP contribution in [0, 0.1) is 6.07 Å². The second-order valence-corrected chi connectivity index (χ2v) is 4.15. The van der Waals surface area contributed by atoms with Gasteiger partial charge in [-0.05, 0) is 18.2 Å². The van der Waals surface area contributed by atoms with Gasteiger partial charge in [0.2, 0.25) is 0 Å². The molecule has 0 atom stereocenters. The number of nitrogens with zero attached hydrogens (tertiary/aromatic N) is 1. The molecule has 4 nitrogen and oxygen atoms in total. The quantitative estimate of drug-likeness (QED) is 0.717. The molecule has 0 fully saturated rings. The Morgan fingerprint density at radius 1 is 1.46 bits per heavy atom. The summed E-state index contributed by atoms with van der Waals surface area (Å²) in [7, 11) is -0.755. The third-order valence-electron chi connectivity index (χ3n) is 1.56. The lowest BCUT2D eigenvalue weighted by Gasteiger charge is -2.14. The molecule has 0 saturated heterocycles. The summed E-state index contributed by atoms with van der Waals surface area (Å²) in [6.45, 7) is 0. The average Bonchev–Trinajstić information content (AvgIpc) is 2.03. The van der Waals surface area contributed by atoms with Crippen LogP contribution in [0.4, 0.5) is 5.69 Å². The van der Waals surface area contributed by atoms with E-state index in [1.807, 2.05) is 0 Å². The Bertz CT molecular complexity index is 398. The van der Waals surface area contributed by atoms with Crippen LogP contribution in [0.25, 0.3) is 0 Å². The molecule has 0 aliphatic rings.